The van der Waals surface area contributed by atoms with Gasteiger partial charge in [0.25, 0.3) is 5.91 Å². The van der Waals surface area contributed by atoms with E-state index in [0.717, 1.165) is 11.3 Å². The summed E-state index contributed by atoms with van der Waals surface area (Å²) in [5, 5.41) is 2.89. The van der Waals surface area contributed by atoms with Crippen LogP contribution in [0, 0.1) is 0 Å². The quantitative estimate of drug-likeness (QED) is 0.901. The van der Waals surface area contributed by atoms with Crippen molar-refractivity contribution in [3.63, 3.8) is 0 Å². The number of rotatable bonds is 5. The van der Waals surface area contributed by atoms with Gasteiger partial charge in [-0.25, -0.2) is 0 Å². The van der Waals surface area contributed by atoms with Gasteiger partial charge in [-0.2, -0.15) is 0 Å². The van der Waals surface area contributed by atoms with Crippen molar-refractivity contribution in [3.8, 4) is 0 Å². The van der Waals surface area contributed by atoms with Crippen LogP contribution < -0.4 is 5.32 Å². The molecule has 2 rings (SSSR count). The molecular formula is C16H19NO3. The summed E-state index contributed by atoms with van der Waals surface area (Å²) in [6.45, 7) is 4.54. The number of ether oxygens (including phenoxy) is 1. The van der Waals surface area contributed by atoms with Crippen molar-refractivity contribution < 1.29 is 13.9 Å². The highest BCUT2D eigenvalue weighted by atomic mass is 16.5. The Morgan fingerprint density at radius 2 is 2.00 bits per heavy atom. The third kappa shape index (κ3) is 3.27. The van der Waals surface area contributed by atoms with E-state index < -0.39 is 0 Å². The van der Waals surface area contributed by atoms with Crippen LogP contribution in [0.25, 0.3) is 0 Å². The Labute approximate surface area is 118 Å². The summed E-state index contributed by atoms with van der Waals surface area (Å²) in [6.07, 6.45) is 0. The third-order valence-corrected chi connectivity index (χ3v) is 3.00. The zero-order valence-electron chi connectivity index (χ0n) is 12.0. The van der Waals surface area contributed by atoms with Gasteiger partial charge in [-0.1, -0.05) is 32.0 Å². The van der Waals surface area contributed by atoms with Gasteiger partial charge in [-0.05, 0) is 29.7 Å². The molecule has 1 aromatic heterocycles. The number of carbonyl (C=O) groups excluding carboxylic acids is 1. The van der Waals surface area contributed by atoms with E-state index in [1.165, 1.54) is 0 Å². The number of nitrogens with one attached hydrogen (secondary N) is 1. The highest BCUT2D eigenvalue weighted by molar-refractivity contribution is 6.02. The molecule has 0 aliphatic carbocycles. The molecule has 0 atom stereocenters. The normalized spacial score (nSPS) is 10.8. The van der Waals surface area contributed by atoms with E-state index in [0.29, 0.717) is 18.3 Å². The standard InChI is InChI=1S/C16H19NO3/c1-11(2)13-6-4-5-7-14(13)17-16(18)15-9-8-12(20-15)10-19-3/h4-9,11H,10H2,1-3H3,(H,17,18). The van der Waals surface area contributed by atoms with Crippen molar-refractivity contribution >= 4 is 11.6 Å². The SMILES string of the molecule is COCc1ccc(C(=O)Nc2ccccc2C(C)C)o1. The molecule has 0 unspecified atom stereocenters. The van der Waals surface area contributed by atoms with E-state index in [1.807, 2.05) is 24.3 Å². The van der Waals surface area contributed by atoms with Crippen LogP contribution in [0.1, 0.15) is 41.6 Å². The van der Waals surface area contributed by atoms with Gasteiger partial charge in [-0.3, -0.25) is 4.79 Å². The minimum Gasteiger partial charge on any atom is -0.453 e. The van der Waals surface area contributed by atoms with Gasteiger partial charge in [0, 0.05) is 12.8 Å². The summed E-state index contributed by atoms with van der Waals surface area (Å²) in [5.74, 6) is 1.01. The Kier molecular flexibility index (Phi) is 4.58. The maximum atomic E-state index is 12.2. The Balaban J connectivity index is 2.15. The summed E-state index contributed by atoms with van der Waals surface area (Å²) in [7, 11) is 1.58. The third-order valence-electron chi connectivity index (χ3n) is 3.00. The molecule has 0 bridgehead atoms. The van der Waals surface area contributed by atoms with Gasteiger partial charge >= 0.3 is 0 Å². The monoisotopic (exact) mass is 273 g/mol. The first kappa shape index (κ1) is 14.3. The zero-order valence-corrected chi connectivity index (χ0v) is 12.0. The molecule has 1 heterocycles. The predicted octanol–water partition coefficient (Wildman–Crippen LogP) is 3.80. The summed E-state index contributed by atoms with van der Waals surface area (Å²) in [5.41, 5.74) is 1.92. The maximum absolute atomic E-state index is 12.2. The Morgan fingerprint density at radius 1 is 1.25 bits per heavy atom. The second kappa shape index (κ2) is 6.39. The summed E-state index contributed by atoms with van der Waals surface area (Å²) in [6, 6.07) is 11.2. The Morgan fingerprint density at radius 3 is 2.70 bits per heavy atom. The number of benzene rings is 1. The van der Waals surface area contributed by atoms with E-state index in [2.05, 4.69) is 19.2 Å². The van der Waals surface area contributed by atoms with Crippen LogP contribution in [0.5, 0.6) is 0 Å². The molecule has 106 valence electrons. The van der Waals surface area contributed by atoms with Crippen LogP contribution in [0.3, 0.4) is 0 Å². The highest BCUT2D eigenvalue weighted by Crippen LogP contribution is 2.24. The number of anilines is 1. The van der Waals surface area contributed by atoms with E-state index in [1.54, 1.807) is 19.2 Å². The smallest absolute Gasteiger partial charge is 0.291 e. The minimum atomic E-state index is -0.250. The van der Waals surface area contributed by atoms with Crippen molar-refractivity contribution in [1.29, 1.82) is 0 Å². The number of methoxy groups -OCH3 is 1. The van der Waals surface area contributed by atoms with E-state index >= 15 is 0 Å². The lowest BCUT2D eigenvalue weighted by atomic mass is 10.0. The zero-order chi connectivity index (χ0) is 14.5. The van der Waals surface area contributed by atoms with Crippen molar-refractivity contribution in [3.05, 3.63) is 53.5 Å². The van der Waals surface area contributed by atoms with Gasteiger partial charge in [-0.15, -0.1) is 0 Å². The first-order valence-corrected chi connectivity index (χ1v) is 6.59. The predicted molar refractivity (Wildman–Crippen MR) is 77.9 cm³/mol. The number of carbonyl (C=O) groups is 1. The first-order valence-electron chi connectivity index (χ1n) is 6.59. The summed E-state index contributed by atoms with van der Waals surface area (Å²) >= 11 is 0. The number of furan rings is 1. The molecule has 0 radical (unpaired) electrons. The molecule has 0 saturated heterocycles. The highest BCUT2D eigenvalue weighted by Gasteiger charge is 2.14. The van der Waals surface area contributed by atoms with Crippen LogP contribution in [0.4, 0.5) is 5.69 Å². The van der Waals surface area contributed by atoms with E-state index in [9.17, 15) is 4.79 Å². The van der Waals surface area contributed by atoms with E-state index in [-0.39, 0.29) is 11.7 Å². The fourth-order valence-electron chi connectivity index (χ4n) is 2.02. The second-order valence-electron chi connectivity index (χ2n) is 4.90. The molecule has 0 aliphatic heterocycles. The Bertz CT molecular complexity index is 587. The van der Waals surface area contributed by atoms with Gasteiger partial charge in [0.15, 0.2) is 5.76 Å². The van der Waals surface area contributed by atoms with Gasteiger partial charge in [0.1, 0.15) is 12.4 Å². The number of amides is 1. The molecule has 20 heavy (non-hydrogen) atoms. The summed E-state index contributed by atoms with van der Waals surface area (Å²) < 4.78 is 10.4. The van der Waals surface area contributed by atoms with Crippen molar-refractivity contribution in [1.82, 2.24) is 0 Å². The lowest BCUT2D eigenvalue weighted by Crippen LogP contribution is -2.12. The average molecular weight is 273 g/mol. The largest absolute Gasteiger partial charge is 0.453 e. The number of hydrogen-bond acceptors (Lipinski definition) is 3. The fourth-order valence-corrected chi connectivity index (χ4v) is 2.02. The molecular weight excluding hydrogens is 254 g/mol. The van der Waals surface area contributed by atoms with Crippen molar-refractivity contribution in [2.75, 3.05) is 12.4 Å². The molecule has 0 saturated carbocycles. The van der Waals surface area contributed by atoms with Gasteiger partial charge in [0.05, 0.1) is 0 Å². The summed E-state index contributed by atoms with van der Waals surface area (Å²) in [4.78, 5) is 12.2. The van der Waals surface area contributed by atoms with Crippen molar-refractivity contribution in [2.45, 2.75) is 26.4 Å². The van der Waals surface area contributed by atoms with Crippen LogP contribution in [-0.4, -0.2) is 13.0 Å². The molecule has 0 fully saturated rings. The molecule has 1 aromatic carbocycles. The molecule has 1 N–H and O–H groups in total. The van der Waals surface area contributed by atoms with Crippen LogP contribution in [-0.2, 0) is 11.3 Å². The molecule has 2 aromatic rings. The lowest BCUT2D eigenvalue weighted by molar-refractivity contribution is 0.0987. The molecule has 0 aliphatic rings. The van der Waals surface area contributed by atoms with Crippen molar-refractivity contribution in [2.24, 2.45) is 0 Å². The average Bonchev–Trinajstić information content (AvgIpc) is 2.88. The van der Waals surface area contributed by atoms with Crippen LogP contribution >= 0.6 is 0 Å². The Hall–Kier alpha value is -2.07. The number of hydrogen-bond donors (Lipinski definition) is 1. The van der Waals surface area contributed by atoms with Crippen LogP contribution in [0.2, 0.25) is 0 Å². The van der Waals surface area contributed by atoms with Gasteiger partial charge < -0.3 is 14.5 Å². The van der Waals surface area contributed by atoms with E-state index in [4.69, 9.17) is 9.15 Å². The minimum absolute atomic E-state index is 0.250. The topological polar surface area (TPSA) is 51.5 Å². The number of para-hydroxylation sites is 1. The molecule has 1 amide bonds. The lowest BCUT2D eigenvalue weighted by Gasteiger charge is -2.12. The molecule has 4 nitrogen and oxygen atoms in total. The molecule has 4 heteroatoms. The van der Waals surface area contributed by atoms with Gasteiger partial charge in [0.2, 0.25) is 0 Å². The second-order valence-corrected chi connectivity index (χ2v) is 4.90. The van der Waals surface area contributed by atoms with Crippen LogP contribution in [0.15, 0.2) is 40.8 Å². The first-order chi connectivity index (χ1) is 9.61. The molecule has 0 spiro atoms. The maximum Gasteiger partial charge on any atom is 0.291 e. The fraction of sp³-hybridized carbons (Fsp3) is 0.312.